The molecule has 0 fully saturated rings. The third-order valence-electron chi connectivity index (χ3n) is 3.19. The van der Waals surface area contributed by atoms with Crippen molar-refractivity contribution >= 4 is 25.0 Å². The van der Waals surface area contributed by atoms with E-state index < -0.39 is 19.1 Å². The van der Waals surface area contributed by atoms with Crippen molar-refractivity contribution in [3.8, 4) is 0 Å². The number of nitrogens with two attached hydrogens (primary N) is 1. The third kappa shape index (κ3) is 3.58. The number of ether oxygens (including phenoxy) is 1. The quantitative estimate of drug-likeness (QED) is 0.348. The van der Waals surface area contributed by atoms with Gasteiger partial charge in [0.05, 0.1) is 6.67 Å². The van der Waals surface area contributed by atoms with Crippen molar-refractivity contribution in [3.63, 3.8) is 0 Å². The van der Waals surface area contributed by atoms with Crippen LogP contribution in [0.3, 0.4) is 0 Å². The summed E-state index contributed by atoms with van der Waals surface area (Å²) < 4.78 is 17.1. The molecule has 0 aliphatic carbocycles. The zero-order valence-electron chi connectivity index (χ0n) is 12.2. The summed E-state index contributed by atoms with van der Waals surface area (Å²) in [6.07, 6.45) is 2.55. The number of hydrogen-bond donors (Lipinski definition) is 5. The molecule has 6 N–H and O–H groups in total. The normalized spacial score (nSPS) is 15.5. The molecule has 2 heterocycles. The number of fused-ring (bicyclic) bond motifs is 1. The van der Waals surface area contributed by atoms with Crippen molar-refractivity contribution < 1.29 is 19.1 Å². The molecule has 0 aromatic carbocycles. The first kappa shape index (κ1) is 16.8. The number of anilines is 3. The average molecular weight is 333 g/mol. The molecule has 1 atom stereocenters. The first-order chi connectivity index (χ1) is 10.3. The molecule has 124 valence electrons. The highest BCUT2D eigenvalue weighted by Crippen LogP contribution is 2.46. The summed E-state index contributed by atoms with van der Waals surface area (Å²) in [7, 11) is -4.59. The maximum Gasteiger partial charge on any atom is 0.374 e. The summed E-state index contributed by atoms with van der Waals surface area (Å²) in [5, 5.41) is 2.74. The predicted octanol–water partition coefficient (Wildman–Crippen LogP) is 0.210. The van der Waals surface area contributed by atoms with E-state index in [9.17, 15) is 19.1 Å². The highest BCUT2D eigenvalue weighted by Gasteiger charge is 2.40. The van der Waals surface area contributed by atoms with Gasteiger partial charge in [-0.2, -0.15) is 4.98 Å². The summed E-state index contributed by atoms with van der Waals surface area (Å²) in [6.45, 7) is 2.21. The van der Waals surface area contributed by atoms with Crippen LogP contribution >= 0.6 is 7.60 Å². The highest BCUT2D eigenvalue weighted by molar-refractivity contribution is 7.52. The SMILES string of the molecule is CCCCCOC(N1CNc2c1nc(N)[nH]c2=O)P(=O)(O)O. The highest BCUT2D eigenvalue weighted by atomic mass is 31.2. The molecule has 11 heteroatoms. The van der Waals surface area contributed by atoms with E-state index in [4.69, 9.17) is 10.5 Å². The first-order valence-electron chi connectivity index (χ1n) is 6.91. The largest absolute Gasteiger partial charge is 0.374 e. The fourth-order valence-electron chi connectivity index (χ4n) is 2.18. The lowest BCUT2D eigenvalue weighted by Crippen LogP contribution is -2.38. The fourth-order valence-corrected chi connectivity index (χ4v) is 3.03. The molecule has 1 aliphatic heterocycles. The molecule has 1 aromatic rings. The van der Waals surface area contributed by atoms with Crippen LogP contribution in [0.15, 0.2) is 4.79 Å². The van der Waals surface area contributed by atoms with Gasteiger partial charge in [-0.15, -0.1) is 0 Å². The minimum Gasteiger partial charge on any atom is -0.369 e. The number of hydrogen-bond acceptors (Lipinski definition) is 7. The van der Waals surface area contributed by atoms with Crippen molar-refractivity contribution in [2.45, 2.75) is 32.2 Å². The third-order valence-corrected chi connectivity index (χ3v) is 4.19. The van der Waals surface area contributed by atoms with Crippen LogP contribution in [-0.2, 0) is 9.30 Å². The zero-order chi connectivity index (χ0) is 16.3. The molecule has 1 aromatic heterocycles. The van der Waals surface area contributed by atoms with Crippen molar-refractivity contribution in [1.82, 2.24) is 9.97 Å². The first-order valence-corrected chi connectivity index (χ1v) is 8.60. The van der Waals surface area contributed by atoms with E-state index in [1.165, 1.54) is 4.90 Å². The van der Waals surface area contributed by atoms with E-state index in [1.807, 2.05) is 6.92 Å². The van der Waals surface area contributed by atoms with Crippen LogP contribution in [0, 0.1) is 0 Å². The fraction of sp³-hybridized carbons (Fsp3) is 0.636. The molecular weight excluding hydrogens is 313 g/mol. The second-order valence-corrected chi connectivity index (χ2v) is 6.57. The van der Waals surface area contributed by atoms with E-state index in [1.54, 1.807) is 0 Å². The van der Waals surface area contributed by atoms with Crippen molar-refractivity contribution in [2.75, 3.05) is 29.2 Å². The van der Waals surface area contributed by atoms with Crippen LogP contribution in [0.4, 0.5) is 17.5 Å². The van der Waals surface area contributed by atoms with Crippen molar-refractivity contribution in [1.29, 1.82) is 0 Å². The number of aromatic nitrogens is 2. The Hall–Kier alpha value is -1.61. The van der Waals surface area contributed by atoms with Gasteiger partial charge < -0.3 is 30.5 Å². The van der Waals surface area contributed by atoms with Gasteiger partial charge in [-0.05, 0) is 6.42 Å². The molecule has 22 heavy (non-hydrogen) atoms. The Kier molecular flexibility index (Phi) is 5.07. The van der Waals surface area contributed by atoms with Crippen LogP contribution in [0.25, 0.3) is 0 Å². The Bertz CT molecular complexity index is 630. The zero-order valence-corrected chi connectivity index (χ0v) is 13.0. The Morgan fingerprint density at radius 1 is 1.50 bits per heavy atom. The number of nitrogens with one attached hydrogen (secondary N) is 2. The number of unbranched alkanes of at least 4 members (excludes halogenated alkanes) is 2. The van der Waals surface area contributed by atoms with Gasteiger partial charge in [0.15, 0.2) is 5.82 Å². The monoisotopic (exact) mass is 333 g/mol. The Balaban J connectivity index is 2.24. The topological polar surface area (TPSA) is 154 Å². The maximum absolute atomic E-state index is 11.7. The number of aromatic amines is 1. The van der Waals surface area contributed by atoms with E-state index in [0.29, 0.717) is 6.42 Å². The lowest BCUT2D eigenvalue weighted by atomic mass is 10.3. The molecule has 0 saturated carbocycles. The summed E-state index contributed by atoms with van der Waals surface area (Å²) in [5.74, 6) is -1.57. The summed E-state index contributed by atoms with van der Waals surface area (Å²) in [5.41, 5.74) is 5.10. The Morgan fingerprint density at radius 2 is 2.23 bits per heavy atom. The van der Waals surface area contributed by atoms with Crippen LogP contribution in [0.5, 0.6) is 0 Å². The Labute approximate surface area is 126 Å². The summed E-state index contributed by atoms with van der Waals surface area (Å²) in [6, 6.07) is 0. The van der Waals surface area contributed by atoms with Gasteiger partial charge in [-0.25, -0.2) is 0 Å². The van der Waals surface area contributed by atoms with Gasteiger partial charge in [-0.1, -0.05) is 19.8 Å². The number of nitrogens with zero attached hydrogens (tertiary/aromatic N) is 2. The van der Waals surface area contributed by atoms with Crippen molar-refractivity contribution in [2.24, 2.45) is 0 Å². The number of nitrogen functional groups attached to an aromatic ring is 1. The van der Waals surface area contributed by atoms with Gasteiger partial charge in [0.2, 0.25) is 11.9 Å². The van der Waals surface area contributed by atoms with E-state index >= 15 is 0 Å². The van der Waals surface area contributed by atoms with Crippen molar-refractivity contribution in [3.05, 3.63) is 10.4 Å². The Morgan fingerprint density at radius 3 is 2.86 bits per heavy atom. The second-order valence-electron chi connectivity index (χ2n) is 4.95. The molecule has 1 unspecified atom stereocenters. The van der Waals surface area contributed by atoms with Gasteiger partial charge in [0.25, 0.3) is 5.56 Å². The van der Waals surface area contributed by atoms with Gasteiger partial charge in [0.1, 0.15) is 5.69 Å². The molecule has 0 spiro atoms. The lowest BCUT2D eigenvalue weighted by Gasteiger charge is -2.28. The van der Waals surface area contributed by atoms with Crippen LogP contribution in [0.2, 0.25) is 0 Å². The summed E-state index contributed by atoms with van der Waals surface area (Å²) in [4.78, 5) is 38.3. The average Bonchev–Trinajstić information content (AvgIpc) is 2.81. The number of H-pyrrole nitrogens is 1. The van der Waals surface area contributed by atoms with Gasteiger partial charge in [0, 0.05) is 6.61 Å². The van der Waals surface area contributed by atoms with E-state index in [-0.39, 0.29) is 30.7 Å². The standard InChI is InChI=1S/C11H20N5O5P/c1-2-3-4-5-21-11(22(18,19)20)16-6-13-7-8(16)14-10(12)15-9(7)17/h11,13H,2-6H2,1H3,(H2,18,19,20)(H3,12,14,15,17). The molecule has 1 aliphatic rings. The molecule has 0 radical (unpaired) electrons. The van der Waals surface area contributed by atoms with E-state index in [0.717, 1.165) is 12.8 Å². The molecular formula is C11H20N5O5P. The smallest absolute Gasteiger partial charge is 0.369 e. The van der Waals surface area contributed by atoms with Gasteiger partial charge >= 0.3 is 7.60 Å². The molecule has 10 nitrogen and oxygen atoms in total. The minimum absolute atomic E-state index is 0.00157. The summed E-state index contributed by atoms with van der Waals surface area (Å²) >= 11 is 0. The molecule has 0 bridgehead atoms. The number of rotatable bonds is 7. The second kappa shape index (κ2) is 6.66. The molecule has 2 rings (SSSR count). The predicted molar refractivity (Wildman–Crippen MR) is 81.5 cm³/mol. The molecule has 0 saturated heterocycles. The maximum atomic E-state index is 11.7. The van der Waals surface area contributed by atoms with Crippen LogP contribution in [-0.4, -0.2) is 39.0 Å². The van der Waals surface area contributed by atoms with Crippen LogP contribution in [0.1, 0.15) is 26.2 Å². The van der Waals surface area contributed by atoms with Crippen LogP contribution < -0.4 is 21.5 Å². The minimum atomic E-state index is -4.59. The lowest BCUT2D eigenvalue weighted by molar-refractivity contribution is 0.0814. The molecule has 0 amide bonds. The van der Waals surface area contributed by atoms with Gasteiger partial charge in [-0.3, -0.25) is 14.3 Å². The van der Waals surface area contributed by atoms with E-state index in [2.05, 4.69) is 15.3 Å².